The van der Waals surface area contributed by atoms with E-state index in [0.29, 0.717) is 6.79 Å². The monoisotopic (exact) mass is 314 g/mol. The Morgan fingerprint density at radius 1 is 0.783 bits per heavy atom. The highest BCUT2D eigenvalue weighted by Crippen LogP contribution is 2.31. The van der Waals surface area contributed by atoms with Crippen molar-refractivity contribution >= 4 is 0 Å². The topological polar surface area (TPSA) is 18.5 Å². The Hall–Kier alpha value is -1.96. The van der Waals surface area contributed by atoms with Gasteiger partial charge in [0.25, 0.3) is 0 Å². The predicted octanol–water partition coefficient (Wildman–Crippen LogP) is 6.04. The Bertz CT molecular complexity index is 609. The highest BCUT2D eigenvalue weighted by atomic mass is 16.7. The van der Waals surface area contributed by atoms with Crippen LogP contribution in [-0.2, 0) is 5.41 Å². The second-order valence-electron chi connectivity index (χ2n) is 6.48. The molecule has 0 aliphatic carbocycles. The minimum atomic E-state index is 0.284. The summed E-state index contributed by atoms with van der Waals surface area (Å²) in [6.07, 6.45) is 0. The van der Waals surface area contributed by atoms with Crippen molar-refractivity contribution in [2.24, 2.45) is 0 Å². The second kappa shape index (κ2) is 8.61. The van der Waals surface area contributed by atoms with Gasteiger partial charge in [-0.15, -0.1) is 0 Å². The fraction of sp³-hybridized carbons (Fsp3) is 0.429. The molecule has 1 aliphatic rings. The Balaban J connectivity index is 0.000000208. The molecule has 0 N–H and O–H groups in total. The number of ether oxygens (including phenoxy) is 2. The number of hydrogen-bond donors (Lipinski definition) is 0. The number of fused-ring (bicyclic) bond motifs is 1. The zero-order chi connectivity index (χ0) is 17.5. The van der Waals surface area contributed by atoms with Crippen LogP contribution in [0.5, 0.6) is 11.5 Å². The molecular formula is C21H30O2. The highest BCUT2D eigenvalue weighted by molar-refractivity contribution is 5.43. The van der Waals surface area contributed by atoms with Gasteiger partial charge in [0.05, 0.1) is 0 Å². The standard InChI is InChI=1S/C11H16.C8H8O2.C2H6/c1-9-6-5-7-10(8-9)11(2,3)4;1-6-2-3-7-8(4-6)10-5-9-7;1-2/h5-8H,1-4H3;2-4H,5H2,1H3;1-2H3. The molecule has 0 bridgehead atoms. The number of rotatable bonds is 0. The summed E-state index contributed by atoms with van der Waals surface area (Å²) in [4.78, 5) is 0. The quantitative estimate of drug-likeness (QED) is 0.590. The molecule has 0 saturated heterocycles. The van der Waals surface area contributed by atoms with E-state index in [0.717, 1.165) is 11.5 Å². The molecule has 2 heteroatoms. The van der Waals surface area contributed by atoms with Crippen molar-refractivity contribution in [3.8, 4) is 11.5 Å². The van der Waals surface area contributed by atoms with E-state index in [2.05, 4.69) is 52.0 Å². The van der Waals surface area contributed by atoms with Gasteiger partial charge in [-0.2, -0.15) is 0 Å². The van der Waals surface area contributed by atoms with Gasteiger partial charge < -0.3 is 9.47 Å². The van der Waals surface area contributed by atoms with Gasteiger partial charge in [0.2, 0.25) is 6.79 Å². The molecule has 3 rings (SSSR count). The summed E-state index contributed by atoms with van der Waals surface area (Å²) < 4.78 is 10.3. The van der Waals surface area contributed by atoms with Crippen LogP contribution >= 0.6 is 0 Å². The van der Waals surface area contributed by atoms with Gasteiger partial charge in [-0.3, -0.25) is 0 Å². The zero-order valence-electron chi connectivity index (χ0n) is 15.6. The molecule has 1 aliphatic heterocycles. The number of hydrogen-bond acceptors (Lipinski definition) is 2. The summed E-state index contributed by atoms with van der Waals surface area (Å²) in [5, 5.41) is 0. The average molecular weight is 314 g/mol. The van der Waals surface area contributed by atoms with Gasteiger partial charge in [-0.1, -0.05) is 70.5 Å². The van der Waals surface area contributed by atoms with Crippen molar-refractivity contribution in [3.05, 3.63) is 59.2 Å². The first kappa shape index (κ1) is 19.1. The maximum Gasteiger partial charge on any atom is 0.231 e. The second-order valence-corrected chi connectivity index (χ2v) is 6.48. The van der Waals surface area contributed by atoms with Crippen molar-refractivity contribution in [1.29, 1.82) is 0 Å². The molecule has 0 spiro atoms. The van der Waals surface area contributed by atoms with Crippen LogP contribution in [0.4, 0.5) is 0 Å². The molecule has 23 heavy (non-hydrogen) atoms. The van der Waals surface area contributed by atoms with E-state index >= 15 is 0 Å². The van der Waals surface area contributed by atoms with Crippen LogP contribution in [0.1, 0.15) is 51.3 Å². The molecule has 1 heterocycles. The SMILES string of the molecule is CC.Cc1ccc2c(c1)OCO2.Cc1cccc(C(C)(C)C)c1. The lowest BCUT2D eigenvalue weighted by molar-refractivity contribution is 0.174. The van der Waals surface area contributed by atoms with Gasteiger partial charge >= 0.3 is 0 Å². The summed E-state index contributed by atoms with van der Waals surface area (Å²) in [5.41, 5.74) is 4.24. The summed E-state index contributed by atoms with van der Waals surface area (Å²) in [7, 11) is 0. The van der Waals surface area contributed by atoms with Gasteiger partial charge in [0.1, 0.15) is 0 Å². The van der Waals surface area contributed by atoms with Crippen molar-refractivity contribution < 1.29 is 9.47 Å². The first-order valence-electron chi connectivity index (χ1n) is 8.29. The maximum atomic E-state index is 5.16. The van der Waals surface area contributed by atoms with Crippen LogP contribution < -0.4 is 9.47 Å². The smallest absolute Gasteiger partial charge is 0.231 e. The van der Waals surface area contributed by atoms with E-state index in [4.69, 9.17) is 9.47 Å². The van der Waals surface area contributed by atoms with E-state index < -0.39 is 0 Å². The lowest BCUT2D eigenvalue weighted by atomic mass is 9.86. The molecule has 0 radical (unpaired) electrons. The third-order valence-corrected chi connectivity index (χ3v) is 3.41. The summed E-state index contributed by atoms with van der Waals surface area (Å²) >= 11 is 0. The van der Waals surface area contributed by atoms with Gasteiger partial charge in [-0.05, 0) is 42.5 Å². The molecule has 0 atom stereocenters. The largest absolute Gasteiger partial charge is 0.454 e. The molecule has 0 saturated carbocycles. The van der Waals surface area contributed by atoms with E-state index in [9.17, 15) is 0 Å². The minimum absolute atomic E-state index is 0.284. The normalized spacial score (nSPS) is 11.8. The summed E-state index contributed by atoms with van der Waals surface area (Å²) in [6.45, 7) is 15.2. The van der Waals surface area contributed by atoms with E-state index in [1.165, 1.54) is 16.7 Å². The number of aryl methyl sites for hydroxylation is 2. The van der Waals surface area contributed by atoms with Gasteiger partial charge in [0.15, 0.2) is 11.5 Å². The van der Waals surface area contributed by atoms with Crippen LogP contribution in [0, 0.1) is 13.8 Å². The fourth-order valence-electron chi connectivity index (χ4n) is 2.12. The molecule has 0 aromatic heterocycles. The molecule has 126 valence electrons. The summed E-state index contributed by atoms with van der Waals surface area (Å²) in [6, 6.07) is 14.6. The lowest BCUT2D eigenvalue weighted by Crippen LogP contribution is -2.10. The Labute approximate surface area is 141 Å². The van der Waals surface area contributed by atoms with Crippen LogP contribution in [0.15, 0.2) is 42.5 Å². The first-order chi connectivity index (χ1) is 10.9. The van der Waals surface area contributed by atoms with Crippen molar-refractivity contribution in [3.63, 3.8) is 0 Å². The molecule has 2 aromatic rings. The van der Waals surface area contributed by atoms with Gasteiger partial charge in [-0.25, -0.2) is 0 Å². The average Bonchev–Trinajstić information content (AvgIpc) is 2.96. The predicted molar refractivity (Wildman–Crippen MR) is 98.5 cm³/mol. The van der Waals surface area contributed by atoms with Crippen LogP contribution in [-0.4, -0.2) is 6.79 Å². The Morgan fingerprint density at radius 3 is 1.96 bits per heavy atom. The van der Waals surface area contributed by atoms with Crippen molar-refractivity contribution in [2.45, 2.75) is 53.9 Å². The molecular weight excluding hydrogens is 284 g/mol. The minimum Gasteiger partial charge on any atom is -0.454 e. The summed E-state index contributed by atoms with van der Waals surface area (Å²) in [5.74, 6) is 1.71. The first-order valence-corrected chi connectivity index (χ1v) is 8.29. The molecule has 2 aromatic carbocycles. The lowest BCUT2D eigenvalue weighted by Gasteiger charge is -2.19. The van der Waals surface area contributed by atoms with E-state index in [-0.39, 0.29) is 5.41 Å². The highest BCUT2D eigenvalue weighted by Gasteiger charge is 2.12. The fourth-order valence-corrected chi connectivity index (χ4v) is 2.12. The van der Waals surface area contributed by atoms with Crippen molar-refractivity contribution in [2.75, 3.05) is 6.79 Å². The van der Waals surface area contributed by atoms with E-state index in [1.807, 2.05) is 39.0 Å². The Morgan fingerprint density at radius 2 is 1.39 bits per heavy atom. The van der Waals surface area contributed by atoms with Crippen LogP contribution in [0.3, 0.4) is 0 Å². The number of benzene rings is 2. The van der Waals surface area contributed by atoms with Crippen molar-refractivity contribution in [1.82, 2.24) is 0 Å². The maximum absolute atomic E-state index is 5.16. The third kappa shape index (κ3) is 5.97. The van der Waals surface area contributed by atoms with Crippen LogP contribution in [0.2, 0.25) is 0 Å². The molecule has 0 amide bonds. The van der Waals surface area contributed by atoms with E-state index in [1.54, 1.807) is 0 Å². The zero-order valence-corrected chi connectivity index (χ0v) is 15.6. The molecule has 0 fully saturated rings. The Kier molecular flexibility index (Phi) is 7.15. The molecule has 0 unspecified atom stereocenters. The van der Waals surface area contributed by atoms with Gasteiger partial charge in [0, 0.05) is 0 Å². The molecule has 2 nitrogen and oxygen atoms in total. The third-order valence-electron chi connectivity index (χ3n) is 3.41. The van der Waals surface area contributed by atoms with Crippen LogP contribution in [0.25, 0.3) is 0 Å².